The third-order valence-corrected chi connectivity index (χ3v) is 8.95. The Morgan fingerprint density at radius 2 is 1.77 bits per heavy atom. The van der Waals surface area contributed by atoms with Gasteiger partial charge in [-0.1, -0.05) is 67.0 Å². The van der Waals surface area contributed by atoms with Crippen LogP contribution < -0.4 is 10.6 Å². The highest BCUT2D eigenvalue weighted by molar-refractivity contribution is 7.18. The largest absolute Gasteiger partial charge is 0.385 e. The number of hydrogen-bond donors (Lipinski definition) is 3. The second-order valence-electron chi connectivity index (χ2n) is 11.1. The first-order valence-corrected chi connectivity index (χ1v) is 15.1. The van der Waals surface area contributed by atoms with Crippen molar-refractivity contribution in [2.24, 2.45) is 0 Å². The second kappa shape index (κ2) is 12.0. The number of rotatable bonds is 8. The molecular formula is C31H37N7OS. The molecule has 0 spiro atoms. The Kier molecular flexibility index (Phi) is 8.04. The molecule has 2 fully saturated rings. The minimum atomic E-state index is -0.728. The first-order valence-electron chi connectivity index (χ1n) is 14.3. The SMILES string of the molecule is Cc1cc(-c2cnc(Nc3ccc(CN4CCC(O)(c5ccccc5)CC4)cn3)s2)nc(NC2CCCCC2)n1. The van der Waals surface area contributed by atoms with Gasteiger partial charge >= 0.3 is 0 Å². The van der Waals surface area contributed by atoms with Crippen molar-refractivity contribution >= 4 is 28.2 Å². The van der Waals surface area contributed by atoms with Crippen molar-refractivity contribution < 1.29 is 5.11 Å². The van der Waals surface area contributed by atoms with E-state index >= 15 is 0 Å². The van der Waals surface area contributed by atoms with Crippen molar-refractivity contribution in [2.75, 3.05) is 23.7 Å². The quantitative estimate of drug-likeness (QED) is 0.234. The van der Waals surface area contributed by atoms with Crippen LogP contribution in [0.25, 0.3) is 10.6 Å². The molecule has 2 aliphatic rings. The molecule has 3 N–H and O–H groups in total. The Balaban J connectivity index is 1.04. The molecule has 3 aromatic heterocycles. The number of thiazole rings is 1. The van der Waals surface area contributed by atoms with E-state index in [1.54, 1.807) is 11.3 Å². The summed E-state index contributed by atoms with van der Waals surface area (Å²) in [6, 6.07) is 16.6. The smallest absolute Gasteiger partial charge is 0.223 e. The van der Waals surface area contributed by atoms with Gasteiger partial charge in [-0.15, -0.1) is 0 Å². The summed E-state index contributed by atoms with van der Waals surface area (Å²) in [5.74, 6) is 1.47. The Morgan fingerprint density at radius 3 is 2.52 bits per heavy atom. The van der Waals surface area contributed by atoms with E-state index in [1.807, 2.05) is 61.8 Å². The number of pyridine rings is 1. The third-order valence-electron chi connectivity index (χ3n) is 8.01. The molecule has 0 unspecified atom stereocenters. The summed E-state index contributed by atoms with van der Waals surface area (Å²) in [4.78, 5) is 22.0. The number of piperidine rings is 1. The molecule has 208 valence electrons. The van der Waals surface area contributed by atoms with E-state index in [-0.39, 0.29) is 0 Å². The monoisotopic (exact) mass is 555 g/mol. The van der Waals surface area contributed by atoms with Gasteiger partial charge in [0.25, 0.3) is 0 Å². The van der Waals surface area contributed by atoms with Gasteiger partial charge in [-0.05, 0) is 55.9 Å². The number of hydrogen-bond acceptors (Lipinski definition) is 9. The Labute approximate surface area is 240 Å². The van der Waals surface area contributed by atoms with E-state index in [4.69, 9.17) is 4.98 Å². The highest BCUT2D eigenvalue weighted by atomic mass is 32.1. The normalized spacial score (nSPS) is 17.9. The van der Waals surface area contributed by atoms with Crippen LogP contribution in [0.15, 0.2) is 60.9 Å². The second-order valence-corrected chi connectivity index (χ2v) is 12.1. The maximum absolute atomic E-state index is 11.1. The van der Waals surface area contributed by atoms with Crippen LogP contribution in [0.1, 0.15) is 61.8 Å². The summed E-state index contributed by atoms with van der Waals surface area (Å²) >= 11 is 1.56. The van der Waals surface area contributed by atoms with Gasteiger partial charge in [-0.2, -0.15) is 0 Å². The maximum atomic E-state index is 11.1. The third kappa shape index (κ3) is 6.49. The summed E-state index contributed by atoms with van der Waals surface area (Å²) in [6.45, 7) is 4.54. The van der Waals surface area contributed by atoms with Crippen molar-refractivity contribution in [3.63, 3.8) is 0 Å². The van der Waals surface area contributed by atoms with Crippen molar-refractivity contribution in [2.45, 2.75) is 70.1 Å². The van der Waals surface area contributed by atoms with Gasteiger partial charge < -0.3 is 15.7 Å². The van der Waals surface area contributed by atoms with E-state index in [1.165, 1.54) is 32.1 Å². The van der Waals surface area contributed by atoms with E-state index in [0.29, 0.717) is 12.0 Å². The first-order chi connectivity index (χ1) is 19.5. The van der Waals surface area contributed by atoms with Crippen molar-refractivity contribution in [1.82, 2.24) is 24.8 Å². The predicted molar refractivity (Wildman–Crippen MR) is 161 cm³/mol. The maximum Gasteiger partial charge on any atom is 0.223 e. The molecule has 4 aromatic rings. The Morgan fingerprint density at radius 1 is 0.975 bits per heavy atom. The lowest BCUT2D eigenvalue weighted by molar-refractivity contribution is -0.0277. The number of aryl methyl sites for hydroxylation is 1. The molecule has 1 aliphatic carbocycles. The zero-order valence-corrected chi connectivity index (χ0v) is 23.8. The highest BCUT2D eigenvalue weighted by Crippen LogP contribution is 2.33. The summed E-state index contributed by atoms with van der Waals surface area (Å²) in [5.41, 5.74) is 3.28. The number of likely N-dealkylation sites (tertiary alicyclic amines) is 1. The minimum absolute atomic E-state index is 0.462. The Bertz CT molecular complexity index is 1390. The van der Waals surface area contributed by atoms with Gasteiger partial charge in [-0.25, -0.2) is 19.9 Å². The molecule has 0 amide bonds. The number of aromatic nitrogens is 4. The number of nitrogens with one attached hydrogen (secondary N) is 2. The summed E-state index contributed by atoms with van der Waals surface area (Å²) < 4.78 is 0. The fourth-order valence-corrected chi connectivity index (χ4v) is 6.50. The lowest BCUT2D eigenvalue weighted by Crippen LogP contribution is -2.42. The van der Waals surface area contributed by atoms with Crippen LogP contribution in [-0.4, -0.2) is 49.1 Å². The summed E-state index contributed by atoms with van der Waals surface area (Å²) in [7, 11) is 0. The molecule has 6 rings (SSSR count). The van der Waals surface area contributed by atoms with Crippen LogP contribution >= 0.6 is 11.3 Å². The van der Waals surface area contributed by atoms with Gasteiger partial charge in [0, 0.05) is 43.8 Å². The van der Waals surface area contributed by atoms with Crippen LogP contribution in [0.5, 0.6) is 0 Å². The Hall–Kier alpha value is -3.40. The van der Waals surface area contributed by atoms with Crippen LogP contribution in [0.4, 0.5) is 16.9 Å². The molecule has 1 saturated carbocycles. The van der Waals surface area contributed by atoms with E-state index in [2.05, 4.69) is 36.6 Å². The van der Waals surface area contributed by atoms with Gasteiger partial charge in [-0.3, -0.25) is 4.90 Å². The number of anilines is 3. The van der Waals surface area contributed by atoms with Gasteiger partial charge in [0.15, 0.2) is 5.13 Å². The first kappa shape index (κ1) is 26.8. The predicted octanol–water partition coefficient (Wildman–Crippen LogP) is 6.28. The molecule has 0 atom stereocenters. The van der Waals surface area contributed by atoms with Crippen LogP contribution in [0, 0.1) is 6.92 Å². The fourth-order valence-electron chi connectivity index (χ4n) is 5.72. The molecule has 8 nitrogen and oxygen atoms in total. The van der Waals surface area contributed by atoms with E-state index in [9.17, 15) is 5.11 Å². The average molecular weight is 556 g/mol. The molecule has 1 aromatic carbocycles. The zero-order valence-electron chi connectivity index (χ0n) is 23.0. The van der Waals surface area contributed by atoms with E-state index in [0.717, 1.165) is 70.8 Å². The number of aliphatic hydroxyl groups is 1. The van der Waals surface area contributed by atoms with Gasteiger partial charge in [0.05, 0.1) is 16.2 Å². The van der Waals surface area contributed by atoms with Crippen molar-refractivity contribution in [3.05, 3.63) is 77.7 Å². The number of benzene rings is 1. The molecule has 0 bridgehead atoms. The molecule has 1 aliphatic heterocycles. The highest BCUT2D eigenvalue weighted by Gasteiger charge is 2.33. The van der Waals surface area contributed by atoms with Crippen LogP contribution in [0.3, 0.4) is 0 Å². The average Bonchev–Trinajstić information content (AvgIpc) is 3.45. The summed E-state index contributed by atoms with van der Waals surface area (Å²) in [5, 5.41) is 18.8. The zero-order chi connectivity index (χ0) is 27.4. The standard InChI is InChI=1S/C31H37N7OS/c1-22-18-26(36-29(34-22)35-25-10-6-3-7-11-25)27-20-33-30(40-27)37-28-13-12-23(19-32-28)21-38-16-14-31(39,15-17-38)24-8-4-2-5-9-24/h2,4-5,8-9,12-13,18-20,25,39H,3,6-7,10-11,14-17,21H2,1H3,(H,32,33,37)(H,34,35,36). The van der Waals surface area contributed by atoms with Crippen molar-refractivity contribution in [3.8, 4) is 10.6 Å². The summed E-state index contributed by atoms with van der Waals surface area (Å²) in [6.07, 6.45) is 11.5. The van der Waals surface area contributed by atoms with Crippen molar-refractivity contribution in [1.29, 1.82) is 0 Å². The lowest BCUT2D eigenvalue weighted by atomic mass is 9.84. The minimum Gasteiger partial charge on any atom is -0.385 e. The molecular weight excluding hydrogens is 518 g/mol. The molecule has 9 heteroatoms. The van der Waals surface area contributed by atoms with Gasteiger partial charge in [0.2, 0.25) is 5.95 Å². The number of nitrogens with zero attached hydrogens (tertiary/aromatic N) is 5. The molecule has 40 heavy (non-hydrogen) atoms. The van der Waals surface area contributed by atoms with Crippen LogP contribution in [-0.2, 0) is 12.1 Å². The molecule has 1 saturated heterocycles. The molecule has 4 heterocycles. The lowest BCUT2D eigenvalue weighted by Gasteiger charge is -2.38. The van der Waals surface area contributed by atoms with Gasteiger partial charge in [0.1, 0.15) is 5.82 Å². The van der Waals surface area contributed by atoms with E-state index < -0.39 is 5.60 Å². The fraction of sp³-hybridized carbons (Fsp3) is 0.419. The molecule has 0 radical (unpaired) electrons. The topological polar surface area (TPSA) is 99.1 Å². The van der Waals surface area contributed by atoms with Crippen LogP contribution in [0.2, 0.25) is 0 Å².